The fraction of sp³-hybridized carbons (Fsp3) is 0.556. The summed E-state index contributed by atoms with van der Waals surface area (Å²) in [6.45, 7) is 3.18. The minimum Gasteiger partial charge on any atom is -0.377 e. The summed E-state index contributed by atoms with van der Waals surface area (Å²) in [6, 6.07) is 2.07. The Labute approximate surface area is 82.0 Å². The molecule has 0 spiro atoms. The van der Waals surface area contributed by atoms with Crippen LogP contribution in [0.3, 0.4) is 0 Å². The van der Waals surface area contributed by atoms with Crippen LogP contribution in [0.5, 0.6) is 0 Å². The van der Waals surface area contributed by atoms with Gasteiger partial charge >= 0.3 is 0 Å². The zero-order valence-electron chi connectivity index (χ0n) is 8.06. The highest BCUT2D eigenvalue weighted by Crippen LogP contribution is 2.20. The number of ether oxygens (including phenoxy) is 1. The van der Waals surface area contributed by atoms with Gasteiger partial charge in [0.2, 0.25) is 5.91 Å². The number of hydrogen-bond acceptors (Lipinski definition) is 3. The highest BCUT2D eigenvalue weighted by atomic mass is 16.5. The molecule has 1 aromatic heterocycles. The Kier molecular flexibility index (Phi) is 2.49. The molecule has 5 heteroatoms. The summed E-state index contributed by atoms with van der Waals surface area (Å²) >= 11 is 0. The maximum Gasteiger partial charge on any atom is 0.225 e. The van der Waals surface area contributed by atoms with Gasteiger partial charge in [-0.15, -0.1) is 0 Å². The lowest BCUT2D eigenvalue weighted by Gasteiger charge is -2.27. The molecule has 0 aliphatic carbocycles. The van der Waals surface area contributed by atoms with Gasteiger partial charge in [0.25, 0.3) is 0 Å². The summed E-state index contributed by atoms with van der Waals surface area (Å²) in [4.78, 5) is 11.2. The van der Waals surface area contributed by atoms with Gasteiger partial charge in [-0.2, -0.15) is 5.10 Å². The zero-order chi connectivity index (χ0) is 9.97. The molecule has 1 amide bonds. The van der Waals surface area contributed by atoms with Crippen molar-refractivity contribution in [3.05, 3.63) is 12.3 Å². The van der Waals surface area contributed by atoms with Crippen LogP contribution in [-0.4, -0.2) is 28.9 Å². The van der Waals surface area contributed by atoms with Crippen molar-refractivity contribution in [3.63, 3.8) is 0 Å². The molecule has 0 atom stereocenters. The first kappa shape index (κ1) is 9.21. The normalized spacial score (nSPS) is 16.4. The summed E-state index contributed by atoms with van der Waals surface area (Å²) in [5.41, 5.74) is 0. The summed E-state index contributed by atoms with van der Waals surface area (Å²) in [7, 11) is 0. The predicted octanol–water partition coefficient (Wildman–Crippen LogP) is 0.803. The van der Waals surface area contributed by atoms with E-state index in [2.05, 4.69) is 10.4 Å². The van der Waals surface area contributed by atoms with Gasteiger partial charge in [-0.3, -0.25) is 4.79 Å². The molecule has 0 bridgehead atoms. The van der Waals surface area contributed by atoms with Gasteiger partial charge in [0.15, 0.2) is 0 Å². The Morgan fingerprint density at radius 3 is 3.14 bits per heavy atom. The molecular formula is C9H13N3O2. The Balaban J connectivity index is 2.08. The van der Waals surface area contributed by atoms with E-state index in [4.69, 9.17) is 4.74 Å². The van der Waals surface area contributed by atoms with Crippen LogP contribution in [0, 0.1) is 0 Å². The topological polar surface area (TPSA) is 56.2 Å². The predicted molar refractivity (Wildman–Crippen MR) is 51.0 cm³/mol. The number of amides is 1. The second-order valence-corrected chi connectivity index (χ2v) is 3.25. The van der Waals surface area contributed by atoms with Crippen LogP contribution in [0.2, 0.25) is 0 Å². The van der Waals surface area contributed by atoms with E-state index in [1.165, 1.54) is 0 Å². The summed E-state index contributed by atoms with van der Waals surface area (Å²) in [6.07, 6.45) is 2.16. The van der Waals surface area contributed by atoms with Crippen LogP contribution in [0.1, 0.15) is 19.4 Å². The van der Waals surface area contributed by atoms with Gasteiger partial charge in [-0.05, 0) is 0 Å². The number of nitrogens with one attached hydrogen (secondary N) is 1. The van der Waals surface area contributed by atoms with Crippen molar-refractivity contribution in [1.29, 1.82) is 0 Å². The lowest BCUT2D eigenvalue weighted by Crippen LogP contribution is -2.32. The van der Waals surface area contributed by atoms with E-state index in [1.54, 1.807) is 16.9 Å². The molecule has 1 aliphatic heterocycles. The smallest absolute Gasteiger partial charge is 0.225 e. The molecule has 1 saturated heterocycles. The van der Waals surface area contributed by atoms with Crippen molar-refractivity contribution in [1.82, 2.24) is 9.78 Å². The fourth-order valence-corrected chi connectivity index (χ4v) is 1.30. The first-order valence-corrected chi connectivity index (χ1v) is 4.72. The van der Waals surface area contributed by atoms with Gasteiger partial charge in [-0.25, -0.2) is 4.68 Å². The van der Waals surface area contributed by atoms with E-state index in [9.17, 15) is 4.79 Å². The zero-order valence-corrected chi connectivity index (χ0v) is 8.06. The first-order chi connectivity index (χ1) is 6.81. The molecule has 2 rings (SSSR count). The van der Waals surface area contributed by atoms with Gasteiger partial charge in [0.1, 0.15) is 11.9 Å². The Hall–Kier alpha value is -1.36. The van der Waals surface area contributed by atoms with E-state index >= 15 is 0 Å². The van der Waals surface area contributed by atoms with Crippen molar-refractivity contribution in [3.8, 4) is 0 Å². The number of nitrogens with zero attached hydrogens (tertiary/aromatic N) is 2. The minimum absolute atomic E-state index is 0.00647. The molecule has 0 radical (unpaired) electrons. The molecule has 76 valence electrons. The molecule has 14 heavy (non-hydrogen) atoms. The Morgan fingerprint density at radius 2 is 2.57 bits per heavy atom. The van der Waals surface area contributed by atoms with Gasteiger partial charge in [0, 0.05) is 12.5 Å². The van der Waals surface area contributed by atoms with Crippen LogP contribution >= 0.6 is 0 Å². The van der Waals surface area contributed by atoms with E-state index in [1.807, 2.05) is 6.92 Å². The molecule has 1 N–H and O–H groups in total. The van der Waals surface area contributed by atoms with Crippen molar-refractivity contribution in [2.75, 3.05) is 18.5 Å². The molecule has 5 nitrogen and oxygen atoms in total. The number of anilines is 1. The van der Waals surface area contributed by atoms with Crippen molar-refractivity contribution < 1.29 is 9.53 Å². The minimum atomic E-state index is 0.00647. The summed E-state index contributed by atoms with van der Waals surface area (Å²) in [5, 5.41) is 6.94. The number of rotatable bonds is 3. The van der Waals surface area contributed by atoms with Crippen LogP contribution < -0.4 is 5.32 Å². The Morgan fingerprint density at radius 1 is 1.79 bits per heavy atom. The van der Waals surface area contributed by atoms with Crippen molar-refractivity contribution >= 4 is 11.7 Å². The average molecular weight is 195 g/mol. The molecule has 1 aromatic rings. The van der Waals surface area contributed by atoms with E-state index < -0.39 is 0 Å². The number of hydrogen-bond donors (Lipinski definition) is 1. The van der Waals surface area contributed by atoms with E-state index in [0.29, 0.717) is 19.6 Å². The Bertz CT molecular complexity index is 331. The maximum absolute atomic E-state index is 11.2. The monoisotopic (exact) mass is 195 g/mol. The SMILES string of the molecule is CCC(=O)Nc1ccnn1C1COC1. The summed E-state index contributed by atoms with van der Waals surface area (Å²) in [5.74, 6) is 0.761. The van der Waals surface area contributed by atoms with Crippen molar-refractivity contribution in [2.45, 2.75) is 19.4 Å². The molecule has 0 unspecified atom stereocenters. The molecule has 1 aliphatic rings. The molecular weight excluding hydrogens is 182 g/mol. The van der Waals surface area contributed by atoms with Crippen LogP contribution in [-0.2, 0) is 9.53 Å². The third-order valence-corrected chi connectivity index (χ3v) is 2.23. The maximum atomic E-state index is 11.2. The van der Waals surface area contributed by atoms with Gasteiger partial charge in [-0.1, -0.05) is 6.92 Å². The lowest BCUT2D eigenvalue weighted by atomic mass is 10.3. The average Bonchev–Trinajstić information content (AvgIpc) is 2.50. The highest BCUT2D eigenvalue weighted by Gasteiger charge is 2.23. The van der Waals surface area contributed by atoms with Crippen LogP contribution in [0.25, 0.3) is 0 Å². The van der Waals surface area contributed by atoms with E-state index in [-0.39, 0.29) is 11.9 Å². The van der Waals surface area contributed by atoms with Gasteiger partial charge in [0.05, 0.1) is 19.4 Å². The van der Waals surface area contributed by atoms with E-state index in [0.717, 1.165) is 5.82 Å². The number of carbonyl (C=O) groups is 1. The van der Waals surface area contributed by atoms with Crippen molar-refractivity contribution in [2.24, 2.45) is 0 Å². The van der Waals surface area contributed by atoms with Gasteiger partial charge < -0.3 is 10.1 Å². The number of aromatic nitrogens is 2. The molecule has 0 saturated carbocycles. The largest absolute Gasteiger partial charge is 0.377 e. The third kappa shape index (κ3) is 1.63. The summed E-state index contributed by atoms with van der Waals surface area (Å²) < 4.78 is 6.87. The quantitative estimate of drug-likeness (QED) is 0.776. The highest BCUT2D eigenvalue weighted by molar-refractivity contribution is 5.89. The second-order valence-electron chi connectivity index (χ2n) is 3.25. The fourth-order valence-electron chi connectivity index (χ4n) is 1.30. The third-order valence-electron chi connectivity index (χ3n) is 2.23. The second kappa shape index (κ2) is 3.79. The van der Waals surface area contributed by atoms with Crippen LogP contribution in [0.4, 0.5) is 5.82 Å². The standard InChI is InChI=1S/C9H13N3O2/c1-2-9(13)11-8-3-4-10-12(8)7-5-14-6-7/h3-4,7H,2,5-6H2,1H3,(H,11,13). The van der Waals surface area contributed by atoms with Crippen LogP contribution in [0.15, 0.2) is 12.3 Å². The molecule has 0 aromatic carbocycles. The first-order valence-electron chi connectivity index (χ1n) is 4.72. The number of carbonyl (C=O) groups excluding carboxylic acids is 1. The lowest BCUT2D eigenvalue weighted by molar-refractivity contribution is -0.116. The molecule has 1 fully saturated rings. The molecule has 2 heterocycles.